The van der Waals surface area contributed by atoms with Gasteiger partial charge < -0.3 is 16.4 Å². The lowest BCUT2D eigenvalue weighted by Gasteiger charge is -2.12. The molecule has 0 aliphatic rings. The van der Waals surface area contributed by atoms with Crippen molar-refractivity contribution in [3.63, 3.8) is 0 Å². The molecule has 0 aliphatic carbocycles. The van der Waals surface area contributed by atoms with Gasteiger partial charge in [-0.05, 0) is 54.1 Å². The Balaban J connectivity index is 1.44. The highest BCUT2D eigenvalue weighted by Crippen LogP contribution is 2.30. The van der Waals surface area contributed by atoms with Gasteiger partial charge in [-0.25, -0.2) is 15.0 Å². The number of nitrogens with zero attached hydrogens (tertiary/aromatic N) is 4. The maximum Gasteiger partial charge on any atom is 0.253 e. The number of pyridine rings is 2. The van der Waals surface area contributed by atoms with Crippen molar-refractivity contribution in [3.8, 4) is 17.1 Å². The molecule has 5 rings (SSSR count). The Labute approximate surface area is 196 Å². The molecular weight excluding hydrogens is 426 g/mol. The highest BCUT2D eigenvalue weighted by Gasteiger charge is 2.17. The summed E-state index contributed by atoms with van der Waals surface area (Å²) in [6.07, 6.45) is 3.39. The highest BCUT2D eigenvalue weighted by molar-refractivity contribution is 5.99. The summed E-state index contributed by atoms with van der Waals surface area (Å²) in [4.78, 5) is 26.2. The molecule has 0 saturated heterocycles. The first-order valence-electron chi connectivity index (χ1n) is 10.8. The van der Waals surface area contributed by atoms with E-state index in [1.54, 1.807) is 25.5 Å². The molecule has 0 atom stereocenters. The molecule has 8 nitrogen and oxygen atoms in total. The third-order valence-electron chi connectivity index (χ3n) is 5.58. The highest BCUT2D eigenvalue weighted by atomic mass is 16.1. The smallest absolute Gasteiger partial charge is 0.253 e. The van der Waals surface area contributed by atoms with Crippen molar-refractivity contribution < 1.29 is 4.79 Å². The van der Waals surface area contributed by atoms with Gasteiger partial charge in [-0.1, -0.05) is 24.3 Å². The topological polar surface area (TPSA) is 111 Å². The summed E-state index contributed by atoms with van der Waals surface area (Å²) in [6.45, 7) is 0.405. The summed E-state index contributed by atoms with van der Waals surface area (Å²) in [5.41, 5.74) is 11.6. The maximum atomic E-state index is 12.6. The number of nitrogen functional groups attached to an aromatic ring is 1. The summed E-state index contributed by atoms with van der Waals surface area (Å²) in [6, 6.07) is 22.8. The van der Waals surface area contributed by atoms with Crippen LogP contribution in [0.1, 0.15) is 15.9 Å². The zero-order valence-electron chi connectivity index (χ0n) is 18.6. The van der Waals surface area contributed by atoms with Gasteiger partial charge in [0.1, 0.15) is 11.3 Å². The number of imidazole rings is 1. The molecule has 3 aromatic heterocycles. The van der Waals surface area contributed by atoms with E-state index in [1.807, 2.05) is 71.3 Å². The van der Waals surface area contributed by atoms with Crippen LogP contribution in [-0.2, 0) is 6.54 Å². The summed E-state index contributed by atoms with van der Waals surface area (Å²) in [5.74, 6) is 0.942. The minimum absolute atomic E-state index is 0.131. The largest absolute Gasteiger partial charge is 0.387 e. The number of rotatable bonds is 6. The van der Waals surface area contributed by atoms with Crippen LogP contribution in [0.4, 0.5) is 11.5 Å². The summed E-state index contributed by atoms with van der Waals surface area (Å²) >= 11 is 0. The van der Waals surface area contributed by atoms with Crippen molar-refractivity contribution in [2.24, 2.45) is 0 Å². The Morgan fingerprint density at radius 2 is 1.71 bits per heavy atom. The average molecular weight is 450 g/mol. The van der Waals surface area contributed by atoms with E-state index in [-0.39, 0.29) is 5.91 Å². The van der Waals surface area contributed by atoms with Crippen LogP contribution in [0, 0.1) is 0 Å². The van der Waals surface area contributed by atoms with Gasteiger partial charge in [0.2, 0.25) is 0 Å². The molecule has 0 saturated carbocycles. The first kappa shape index (κ1) is 21.1. The number of nitrogens with two attached hydrogens (primary N) is 1. The van der Waals surface area contributed by atoms with E-state index in [9.17, 15) is 4.79 Å². The lowest BCUT2D eigenvalue weighted by atomic mass is 10.1. The Hall–Kier alpha value is -4.72. The molecule has 34 heavy (non-hydrogen) atoms. The minimum Gasteiger partial charge on any atom is -0.387 e. The number of hydrogen-bond donors (Lipinski definition) is 3. The molecular formula is C26H23N7O. The summed E-state index contributed by atoms with van der Waals surface area (Å²) < 4.78 is 1.97. The fraction of sp³-hybridized carbons (Fsp3) is 0.0769. The van der Waals surface area contributed by atoms with Crippen LogP contribution in [0.5, 0.6) is 0 Å². The SMILES string of the molecule is CNc1ccccc1C(=O)NCc1ccc(-n2c(-c3cccnc3N)nc3cccnc32)cc1. The van der Waals surface area contributed by atoms with Crippen molar-refractivity contribution in [3.05, 3.63) is 96.3 Å². The molecule has 2 aromatic carbocycles. The lowest BCUT2D eigenvalue weighted by Crippen LogP contribution is -2.23. The molecule has 0 radical (unpaired) electrons. The molecule has 0 aliphatic heterocycles. The number of hydrogen-bond acceptors (Lipinski definition) is 6. The third kappa shape index (κ3) is 3.93. The van der Waals surface area contributed by atoms with Gasteiger partial charge in [0.05, 0.1) is 11.1 Å². The number of anilines is 2. The van der Waals surface area contributed by atoms with E-state index >= 15 is 0 Å². The van der Waals surface area contributed by atoms with E-state index in [0.717, 1.165) is 33.7 Å². The maximum absolute atomic E-state index is 12.6. The second kappa shape index (κ2) is 9.03. The molecule has 168 valence electrons. The molecule has 0 fully saturated rings. The van der Waals surface area contributed by atoms with Gasteiger partial charge in [0.15, 0.2) is 11.5 Å². The number of amides is 1. The van der Waals surface area contributed by atoms with Gasteiger partial charge in [-0.15, -0.1) is 0 Å². The predicted molar refractivity (Wildman–Crippen MR) is 134 cm³/mol. The third-order valence-corrected chi connectivity index (χ3v) is 5.58. The van der Waals surface area contributed by atoms with E-state index in [1.165, 1.54) is 0 Å². The van der Waals surface area contributed by atoms with Crippen LogP contribution in [0.3, 0.4) is 0 Å². The van der Waals surface area contributed by atoms with Crippen molar-refractivity contribution >= 4 is 28.6 Å². The van der Waals surface area contributed by atoms with E-state index in [4.69, 9.17) is 10.7 Å². The van der Waals surface area contributed by atoms with Crippen LogP contribution in [0.2, 0.25) is 0 Å². The van der Waals surface area contributed by atoms with Crippen molar-refractivity contribution in [1.82, 2.24) is 24.8 Å². The molecule has 8 heteroatoms. The van der Waals surface area contributed by atoms with E-state index in [2.05, 4.69) is 20.6 Å². The molecule has 0 unspecified atom stereocenters. The summed E-state index contributed by atoms with van der Waals surface area (Å²) in [5, 5.41) is 6.03. The fourth-order valence-corrected chi connectivity index (χ4v) is 3.88. The number of nitrogens with one attached hydrogen (secondary N) is 2. The molecule has 5 aromatic rings. The van der Waals surface area contributed by atoms with Crippen LogP contribution in [-0.4, -0.2) is 32.5 Å². The lowest BCUT2D eigenvalue weighted by molar-refractivity contribution is 0.0951. The molecule has 4 N–H and O–H groups in total. The summed E-state index contributed by atoms with van der Waals surface area (Å²) in [7, 11) is 1.80. The fourth-order valence-electron chi connectivity index (χ4n) is 3.88. The molecule has 0 bridgehead atoms. The van der Waals surface area contributed by atoms with Gasteiger partial charge in [0.25, 0.3) is 5.91 Å². The number of benzene rings is 2. The Morgan fingerprint density at radius 3 is 2.50 bits per heavy atom. The predicted octanol–water partition coefficient (Wildman–Crippen LogP) is 4.04. The molecule has 1 amide bonds. The first-order chi connectivity index (χ1) is 16.7. The second-order valence-corrected chi connectivity index (χ2v) is 7.70. The number of para-hydroxylation sites is 1. The Morgan fingerprint density at radius 1 is 0.941 bits per heavy atom. The van der Waals surface area contributed by atoms with Crippen LogP contribution < -0.4 is 16.4 Å². The number of carbonyl (C=O) groups excluding carboxylic acids is 1. The Bertz CT molecular complexity index is 1470. The minimum atomic E-state index is -0.131. The number of fused-ring (bicyclic) bond motifs is 1. The van der Waals surface area contributed by atoms with Crippen LogP contribution >= 0.6 is 0 Å². The van der Waals surface area contributed by atoms with Gasteiger partial charge in [0, 0.05) is 37.4 Å². The van der Waals surface area contributed by atoms with Crippen molar-refractivity contribution in [2.45, 2.75) is 6.54 Å². The Kier molecular flexibility index (Phi) is 5.61. The van der Waals surface area contributed by atoms with Gasteiger partial charge in [-0.2, -0.15) is 0 Å². The first-order valence-corrected chi connectivity index (χ1v) is 10.8. The van der Waals surface area contributed by atoms with Crippen molar-refractivity contribution in [1.29, 1.82) is 0 Å². The molecule has 3 heterocycles. The normalized spacial score (nSPS) is 10.9. The second-order valence-electron chi connectivity index (χ2n) is 7.70. The standard InChI is InChI=1S/C26H23N7O/c1-28-21-8-3-2-6-19(21)26(34)31-16-17-10-12-18(13-11-17)33-24(20-7-4-14-29-23(20)27)32-22-9-5-15-30-25(22)33/h2-15,28H,16H2,1H3,(H2,27,29)(H,31,34). The van der Waals surface area contributed by atoms with Gasteiger partial charge >= 0.3 is 0 Å². The number of carbonyl (C=O) groups is 1. The van der Waals surface area contributed by atoms with Crippen molar-refractivity contribution in [2.75, 3.05) is 18.1 Å². The van der Waals surface area contributed by atoms with Crippen LogP contribution in [0.25, 0.3) is 28.2 Å². The van der Waals surface area contributed by atoms with E-state index < -0.39 is 0 Å². The zero-order chi connectivity index (χ0) is 23.5. The van der Waals surface area contributed by atoms with Gasteiger partial charge in [-0.3, -0.25) is 9.36 Å². The van der Waals surface area contributed by atoms with Crippen LogP contribution in [0.15, 0.2) is 85.2 Å². The average Bonchev–Trinajstić information content (AvgIpc) is 3.27. The van der Waals surface area contributed by atoms with E-state index in [0.29, 0.717) is 23.8 Å². The quantitative estimate of drug-likeness (QED) is 0.361. The number of aromatic nitrogens is 4. The monoisotopic (exact) mass is 449 g/mol. The molecule has 0 spiro atoms. The zero-order valence-corrected chi connectivity index (χ0v) is 18.6.